The standard InChI is InChI=1S/C7H11N.C3HF6NO3S/c1-3-8-6-4-5-7(8)2;4-2(5,6)1(11)10-14(12,13)3(7,8)9/h4-6H,3H2,1-2H3;(H,10,11). The van der Waals surface area contributed by atoms with Crippen molar-refractivity contribution in [3.63, 3.8) is 0 Å². The normalized spacial score (nSPS) is 12.4. The summed E-state index contributed by atoms with van der Waals surface area (Å²) in [5.41, 5.74) is -4.62. The highest BCUT2D eigenvalue weighted by Gasteiger charge is 2.51. The Morgan fingerprint density at radius 1 is 1.23 bits per heavy atom. The molecular weight excluding hydrogens is 342 g/mol. The molecule has 0 saturated carbocycles. The molecule has 0 aliphatic rings. The van der Waals surface area contributed by atoms with Gasteiger partial charge in [-0.25, -0.2) is 4.72 Å². The van der Waals surface area contributed by atoms with Gasteiger partial charge in [0.05, 0.1) is 0 Å². The second kappa shape index (κ2) is 7.03. The molecule has 1 aromatic heterocycles. The second-order valence-electron chi connectivity index (χ2n) is 3.81. The molecule has 0 spiro atoms. The van der Waals surface area contributed by atoms with Crippen molar-refractivity contribution in [3.8, 4) is 0 Å². The number of hydrogen-bond donors (Lipinski definition) is 1. The Morgan fingerprint density at radius 2 is 1.73 bits per heavy atom. The number of alkyl halides is 6. The predicted octanol–water partition coefficient (Wildman–Crippen LogP) is 2.33. The van der Waals surface area contributed by atoms with E-state index in [2.05, 4.69) is 36.7 Å². The SMILES string of the molecule is CCn1cccc1C.O=C(NS(=O)(=O)C(F)(F)F)C(F)(F)F. The fourth-order valence-electron chi connectivity index (χ4n) is 1.09. The van der Waals surface area contributed by atoms with Gasteiger partial charge in [0, 0.05) is 18.4 Å². The smallest absolute Gasteiger partial charge is 0.352 e. The summed E-state index contributed by atoms with van der Waals surface area (Å²) in [4.78, 5) is 9.81. The van der Waals surface area contributed by atoms with E-state index in [1.54, 1.807) is 0 Å². The lowest BCUT2D eigenvalue weighted by molar-refractivity contribution is -0.171. The Labute approximate surface area is 122 Å². The predicted molar refractivity (Wildman–Crippen MR) is 64.0 cm³/mol. The van der Waals surface area contributed by atoms with E-state index in [9.17, 15) is 39.6 Å². The molecule has 1 aromatic rings. The number of hydrogen-bond acceptors (Lipinski definition) is 3. The monoisotopic (exact) mass is 354 g/mol. The van der Waals surface area contributed by atoms with Crippen LogP contribution in [0.4, 0.5) is 26.3 Å². The van der Waals surface area contributed by atoms with Gasteiger partial charge in [-0.2, -0.15) is 34.8 Å². The number of aryl methyl sites for hydroxylation is 2. The van der Waals surface area contributed by atoms with Gasteiger partial charge in [-0.3, -0.25) is 4.79 Å². The van der Waals surface area contributed by atoms with Gasteiger partial charge >= 0.3 is 27.6 Å². The molecule has 128 valence electrons. The highest BCUT2D eigenvalue weighted by molar-refractivity contribution is 7.90. The molecule has 0 aromatic carbocycles. The van der Waals surface area contributed by atoms with E-state index in [4.69, 9.17) is 0 Å². The lowest BCUT2D eigenvalue weighted by Gasteiger charge is -2.10. The van der Waals surface area contributed by atoms with Crippen molar-refractivity contribution in [2.45, 2.75) is 32.1 Å². The summed E-state index contributed by atoms with van der Waals surface area (Å²) in [6, 6.07) is 4.18. The first-order valence-corrected chi connectivity index (χ1v) is 7.02. The van der Waals surface area contributed by atoms with Crippen molar-refractivity contribution in [2.24, 2.45) is 0 Å². The number of rotatable bonds is 2. The fourth-order valence-corrected chi connectivity index (χ4v) is 1.57. The van der Waals surface area contributed by atoms with Crippen LogP contribution in [0.3, 0.4) is 0 Å². The van der Waals surface area contributed by atoms with Gasteiger partial charge in [-0.15, -0.1) is 0 Å². The molecule has 0 atom stereocenters. The van der Waals surface area contributed by atoms with Crippen molar-refractivity contribution < 1.29 is 39.6 Å². The molecule has 0 radical (unpaired) electrons. The van der Waals surface area contributed by atoms with Crippen LogP contribution >= 0.6 is 0 Å². The van der Waals surface area contributed by atoms with Crippen LogP contribution in [0.1, 0.15) is 12.6 Å². The molecule has 1 rings (SSSR count). The topological polar surface area (TPSA) is 68.2 Å². The maximum Gasteiger partial charge on any atom is 0.516 e. The van der Waals surface area contributed by atoms with E-state index in [1.807, 2.05) is 0 Å². The number of halogens is 6. The summed E-state index contributed by atoms with van der Waals surface area (Å²) in [5.74, 6) is -3.20. The zero-order chi connectivity index (χ0) is 17.8. The van der Waals surface area contributed by atoms with E-state index < -0.39 is 27.6 Å². The first kappa shape index (κ1) is 20.3. The summed E-state index contributed by atoms with van der Waals surface area (Å²) in [6.07, 6.45) is -3.60. The minimum absolute atomic E-state index is 0.181. The number of carbonyl (C=O) groups is 1. The average molecular weight is 354 g/mol. The van der Waals surface area contributed by atoms with Crippen LogP contribution in [-0.2, 0) is 21.4 Å². The van der Waals surface area contributed by atoms with Crippen LogP contribution in [0.2, 0.25) is 0 Å². The van der Waals surface area contributed by atoms with Gasteiger partial charge in [0.25, 0.3) is 0 Å². The summed E-state index contributed by atoms with van der Waals surface area (Å²) in [6.45, 7) is 5.34. The molecule has 0 aliphatic carbocycles. The first-order valence-electron chi connectivity index (χ1n) is 5.54. The lowest BCUT2D eigenvalue weighted by Crippen LogP contribution is -2.46. The van der Waals surface area contributed by atoms with Crippen LogP contribution in [0, 0.1) is 6.92 Å². The van der Waals surface area contributed by atoms with E-state index in [1.165, 1.54) is 5.69 Å². The van der Waals surface area contributed by atoms with Gasteiger partial charge in [0.1, 0.15) is 0 Å². The molecule has 0 fully saturated rings. The summed E-state index contributed by atoms with van der Waals surface area (Å²) in [5, 5.41) is 0. The largest absolute Gasteiger partial charge is 0.516 e. The van der Waals surface area contributed by atoms with Gasteiger partial charge in [-0.05, 0) is 26.0 Å². The first-order chi connectivity index (χ1) is 9.72. The maximum absolute atomic E-state index is 11.4. The maximum atomic E-state index is 11.4. The average Bonchev–Trinajstić information content (AvgIpc) is 2.72. The minimum Gasteiger partial charge on any atom is -0.352 e. The lowest BCUT2D eigenvalue weighted by atomic mass is 10.5. The van der Waals surface area contributed by atoms with Crippen LogP contribution < -0.4 is 4.72 Å². The quantitative estimate of drug-likeness (QED) is 0.829. The molecule has 1 amide bonds. The van der Waals surface area contributed by atoms with Crippen molar-refractivity contribution in [1.82, 2.24) is 9.29 Å². The zero-order valence-electron chi connectivity index (χ0n) is 11.3. The van der Waals surface area contributed by atoms with E-state index >= 15 is 0 Å². The van der Waals surface area contributed by atoms with Crippen LogP contribution in [0.25, 0.3) is 0 Å². The number of carbonyl (C=O) groups excluding carboxylic acids is 1. The van der Waals surface area contributed by atoms with Gasteiger partial charge in [0.15, 0.2) is 0 Å². The Bertz CT molecular complexity index is 603. The van der Waals surface area contributed by atoms with Crippen molar-refractivity contribution in [3.05, 3.63) is 24.0 Å². The van der Waals surface area contributed by atoms with E-state index in [0.717, 1.165) is 6.54 Å². The van der Waals surface area contributed by atoms with Crippen LogP contribution in [-0.4, -0.2) is 30.6 Å². The molecule has 1 N–H and O–H groups in total. The van der Waals surface area contributed by atoms with Crippen LogP contribution in [0.15, 0.2) is 18.3 Å². The number of nitrogens with zero attached hydrogens (tertiary/aromatic N) is 1. The molecule has 0 saturated heterocycles. The van der Waals surface area contributed by atoms with E-state index in [0.29, 0.717) is 0 Å². The number of nitrogens with one attached hydrogen (secondary N) is 1. The number of aromatic nitrogens is 1. The van der Waals surface area contributed by atoms with Gasteiger partial charge in [0.2, 0.25) is 0 Å². The fraction of sp³-hybridized carbons (Fsp3) is 0.500. The minimum atomic E-state index is -6.30. The molecular formula is C10H12F6N2O3S. The number of sulfonamides is 1. The number of amides is 1. The molecule has 5 nitrogen and oxygen atoms in total. The van der Waals surface area contributed by atoms with Crippen molar-refractivity contribution in [2.75, 3.05) is 0 Å². The second-order valence-corrected chi connectivity index (χ2v) is 5.49. The highest BCUT2D eigenvalue weighted by Crippen LogP contribution is 2.23. The van der Waals surface area contributed by atoms with Gasteiger partial charge in [-0.1, -0.05) is 0 Å². The van der Waals surface area contributed by atoms with E-state index in [-0.39, 0.29) is 4.72 Å². The Balaban J connectivity index is 0.000000461. The third-order valence-corrected chi connectivity index (χ3v) is 3.25. The van der Waals surface area contributed by atoms with Crippen molar-refractivity contribution in [1.29, 1.82) is 0 Å². The molecule has 0 bridgehead atoms. The molecule has 12 heteroatoms. The van der Waals surface area contributed by atoms with Gasteiger partial charge < -0.3 is 4.57 Å². The molecule has 0 aliphatic heterocycles. The van der Waals surface area contributed by atoms with Crippen molar-refractivity contribution >= 4 is 15.9 Å². The molecule has 22 heavy (non-hydrogen) atoms. The molecule has 0 unspecified atom stereocenters. The summed E-state index contributed by atoms with van der Waals surface area (Å²) in [7, 11) is -6.30. The van der Waals surface area contributed by atoms with Crippen LogP contribution in [0.5, 0.6) is 0 Å². The summed E-state index contributed by atoms with van der Waals surface area (Å²) < 4.78 is 90.1. The zero-order valence-corrected chi connectivity index (χ0v) is 12.1. The Hall–Kier alpha value is -1.72. The highest BCUT2D eigenvalue weighted by atomic mass is 32.2. The third-order valence-electron chi connectivity index (χ3n) is 2.19. The Morgan fingerprint density at radius 3 is 1.95 bits per heavy atom. The summed E-state index contributed by atoms with van der Waals surface area (Å²) >= 11 is 0. The Kier molecular flexibility index (Phi) is 6.48. The molecule has 1 heterocycles. The third kappa shape index (κ3) is 5.95.